The number of imidazole rings is 1. The van der Waals surface area contributed by atoms with Crippen molar-refractivity contribution in [2.24, 2.45) is 17.9 Å². The number of hydrogen-bond acceptors (Lipinski definition) is 8. The van der Waals surface area contributed by atoms with E-state index in [0.29, 0.717) is 26.1 Å². The highest BCUT2D eigenvalue weighted by Gasteiger charge is 2.45. The summed E-state index contributed by atoms with van der Waals surface area (Å²) in [7, 11) is 3.18. The van der Waals surface area contributed by atoms with Gasteiger partial charge in [-0.05, 0) is 65.5 Å². The third-order valence-electron chi connectivity index (χ3n) is 11.7. The monoisotopic (exact) mass is 858 g/mol. The van der Waals surface area contributed by atoms with Gasteiger partial charge in [-0.3, -0.25) is 14.6 Å². The quantitative estimate of drug-likeness (QED) is 0.0901. The highest BCUT2D eigenvalue weighted by Crippen LogP contribution is 2.30. The molecule has 5 atom stereocenters. The van der Waals surface area contributed by atoms with Crippen molar-refractivity contribution in [2.45, 2.75) is 97.6 Å². The molecule has 3 heterocycles. The van der Waals surface area contributed by atoms with E-state index in [2.05, 4.69) is 20.9 Å². The smallest absolute Gasteiger partial charge is 0.407 e. The molecule has 0 bridgehead atoms. The van der Waals surface area contributed by atoms with Crippen LogP contribution in [0, 0.1) is 10.8 Å². The van der Waals surface area contributed by atoms with Gasteiger partial charge in [0.15, 0.2) is 0 Å². The van der Waals surface area contributed by atoms with Crippen LogP contribution in [-0.4, -0.2) is 104 Å². The first-order valence-corrected chi connectivity index (χ1v) is 21.6. The highest BCUT2D eigenvalue weighted by molar-refractivity contribution is 5.89. The maximum absolute atomic E-state index is 14.7. The van der Waals surface area contributed by atoms with Crippen LogP contribution in [0.5, 0.6) is 0 Å². The van der Waals surface area contributed by atoms with Gasteiger partial charge in [-0.25, -0.2) is 14.6 Å². The van der Waals surface area contributed by atoms with E-state index in [0.717, 1.165) is 39.2 Å². The van der Waals surface area contributed by atoms with E-state index >= 15 is 0 Å². The van der Waals surface area contributed by atoms with Gasteiger partial charge in [0.25, 0.3) is 0 Å². The van der Waals surface area contributed by atoms with E-state index in [4.69, 9.17) is 9.72 Å². The first-order valence-electron chi connectivity index (χ1n) is 21.6. The Labute approximate surface area is 370 Å². The molecule has 14 heteroatoms. The number of fused-ring (bicyclic) bond motifs is 1. The number of aliphatic hydroxyl groups is 1. The Kier molecular flexibility index (Phi) is 14.6. The normalized spacial score (nSPS) is 15.7. The van der Waals surface area contributed by atoms with Crippen LogP contribution < -0.4 is 16.0 Å². The van der Waals surface area contributed by atoms with Gasteiger partial charge in [-0.1, -0.05) is 114 Å². The molecule has 1 aliphatic heterocycles. The molecule has 334 valence electrons. The topological polar surface area (TPSA) is 171 Å². The molecule has 1 fully saturated rings. The van der Waals surface area contributed by atoms with Gasteiger partial charge in [0, 0.05) is 37.9 Å². The Morgan fingerprint density at radius 3 is 2.08 bits per heavy atom. The molecule has 4 N–H and O–H groups in total. The predicted molar refractivity (Wildman–Crippen MR) is 243 cm³/mol. The van der Waals surface area contributed by atoms with Gasteiger partial charge < -0.3 is 40.2 Å². The Bertz CT molecular complexity index is 2340. The van der Waals surface area contributed by atoms with Crippen molar-refractivity contribution < 1.29 is 29.0 Å². The second-order valence-corrected chi connectivity index (χ2v) is 18.6. The second-order valence-electron chi connectivity index (χ2n) is 18.6. The standard InChI is InChI=1S/C49H62N8O6/c1-48(2,3)42(54-46(61)63-8)44(59)51-35(28-33-21-23-34(24-22-33)36-18-14-15-25-50-36)30-40(58)38(29-32-16-10-9-11-17-32)53-45(60)43(49(4,5)6)57-27-26-56(47(57)62)31-41-52-37-19-12-13-20-39(37)55(41)7/h9-25,35,38,40,42-43,58H,26-31H2,1-8H3,(H,51,59)(H,53,60)(H,54,61)/t35-,38-,40-,42?,43?/m0/s1. The zero-order valence-electron chi connectivity index (χ0n) is 37.7. The zero-order valence-corrected chi connectivity index (χ0v) is 37.7. The van der Waals surface area contributed by atoms with Crippen molar-refractivity contribution in [3.63, 3.8) is 0 Å². The number of urea groups is 1. The van der Waals surface area contributed by atoms with Gasteiger partial charge in [-0.15, -0.1) is 0 Å². The van der Waals surface area contributed by atoms with E-state index in [1.165, 1.54) is 7.11 Å². The molecule has 6 rings (SSSR count). The summed E-state index contributed by atoms with van der Waals surface area (Å²) < 4.78 is 6.84. The number of methoxy groups -OCH3 is 1. The molecule has 1 aliphatic rings. The summed E-state index contributed by atoms with van der Waals surface area (Å²) in [4.78, 5) is 68.0. The van der Waals surface area contributed by atoms with E-state index in [-0.39, 0.29) is 24.8 Å². The summed E-state index contributed by atoms with van der Waals surface area (Å²) in [6.07, 6.45) is 0.510. The molecule has 2 aromatic heterocycles. The first kappa shape index (κ1) is 46.2. The number of alkyl carbamates (subject to hydrolysis) is 1. The zero-order chi connectivity index (χ0) is 45.5. The molecule has 5 amide bonds. The average molecular weight is 859 g/mol. The largest absolute Gasteiger partial charge is 0.453 e. The molecule has 0 aliphatic carbocycles. The molecule has 0 saturated carbocycles. The number of rotatable bonds is 16. The fourth-order valence-electron chi connectivity index (χ4n) is 8.33. The average Bonchev–Trinajstić information content (AvgIpc) is 3.76. The van der Waals surface area contributed by atoms with E-state index in [9.17, 15) is 24.3 Å². The van der Waals surface area contributed by atoms with Gasteiger partial charge in [-0.2, -0.15) is 0 Å². The Morgan fingerprint density at radius 2 is 1.44 bits per heavy atom. The summed E-state index contributed by atoms with van der Waals surface area (Å²) in [6.45, 7) is 12.4. The molecular weight excluding hydrogens is 797 g/mol. The first-order chi connectivity index (χ1) is 29.9. The minimum atomic E-state index is -1.15. The van der Waals surface area contributed by atoms with E-state index < -0.39 is 53.1 Å². The number of amides is 5. The number of hydrogen-bond donors (Lipinski definition) is 4. The molecule has 63 heavy (non-hydrogen) atoms. The summed E-state index contributed by atoms with van der Waals surface area (Å²) in [5.74, 6) is -0.0848. The summed E-state index contributed by atoms with van der Waals surface area (Å²) in [5, 5.41) is 21.3. The molecule has 2 unspecified atom stereocenters. The van der Waals surface area contributed by atoms with Crippen LogP contribution in [0.15, 0.2) is 103 Å². The SMILES string of the molecule is COC(=O)NC(C(=O)N[C@@H](Cc1ccc(-c2ccccn2)cc1)C[C@H](O)[C@H](Cc1ccccc1)NC(=O)C(N1CCN(Cc2nc3ccccc3n2C)C1=O)C(C)(C)C)C(C)(C)C. The lowest BCUT2D eigenvalue weighted by atomic mass is 9.84. The van der Waals surface area contributed by atoms with Crippen molar-refractivity contribution in [3.05, 3.63) is 120 Å². The number of pyridine rings is 1. The van der Waals surface area contributed by atoms with Gasteiger partial charge in [0.05, 0.1) is 42.5 Å². The molecular formula is C49H62N8O6. The lowest BCUT2D eigenvalue weighted by Gasteiger charge is -2.38. The molecule has 3 aromatic carbocycles. The number of nitrogens with one attached hydrogen (secondary N) is 3. The Hall–Kier alpha value is -6.28. The number of nitrogens with zero attached hydrogens (tertiary/aromatic N) is 5. The number of carbonyl (C=O) groups excluding carboxylic acids is 4. The fourth-order valence-corrected chi connectivity index (χ4v) is 8.33. The van der Waals surface area contributed by atoms with Crippen LogP contribution in [0.4, 0.5) is 9.59 Å². The third-order valence-corrected chi connectivity index (χ3v) is 11.7. The van der Waals surface area contributed by atoms with Crippen LogP contribution in [-0.2, 0) is 40.8 Å². The van der Waals surface area contributed by atoms with E-state index in [1.54, 1.807) is 16.0 Å². The van der Waals surface area contributed by atoms with Crippen LogP contribution in [0.25, 0.3) is 22.3 Å². The minimum absolute atomic E-state index is 0.0508. The maximum atomic E-state index is 14.7. The number of carbonyl (C=O) groups is 4. The lowest BCUT2D eigenvalue weighted by Crippen LogP contribution is -2.59. The molecule has 14 nitrogen and oxygen atoms in total. The highest BCUT2D eigenvalue weighted by atomic mass is 16.5. The molecule has 0 spiro atoms. The number of aryl methyl sites for hydroxylation is 1. The van der Waals surface area contributed by atoms with Crippen LogP contribution in [0.3, 0.4) is 0 Å². The van der Waals surface area contributed by atoms with Crippen molar-refractivity contribution in [3.8, 4) is 11.3 Å². The minimum Gasteiger partial charge on any atom is -0.453 e. The van der Waals surface area contributed by atoms with Gasteiger partial charge >= 0.3 is 12.1 Å². The summed E-state index contributed by atoms with van der Waals surface area (Å²) in [5.41, 5.74) is 3.99. The van der Waals surface area contributed by atoms with Crippen LogP contribution in [0.1, 0.15) is 64.9 Å². The predicted octanol–water partition coefficient (Wildman–Crippen LogP) is 6.26. The number of aliphatic hydroxyl groups excluding tert-OH is 1. The van der Waals surface area contributed by atoms with Gasteiger partial charge in [0.1, 0.15) is 17.9 Å². The molecule has 1 saturated heterocycles. The second kappa shape index (κ2) is 19.8. The summed E-state index contributed by atoms with van der Waals surface area (Å²) in [6, 6.07) is 27.4. The van der Waals surface area contributed by atoms with Crippen molar-refractivity contribution >= 4 is 35.0 Å². The number of aromatic nitrogens is 3. The Morgan fingerprint density at radius 1 is 0.778 bits per heavy atom. The van der Waals surface area contributed by atoms with Gasteiger partial charge in [0.2, 0.25) is 11.8 Å². The third kappa shape index (κ3) is 11.6. The van der Waals surface area contributed by atoms with Crippen molar-refractivity contribution in [2.75, 3.05) is 20.2 Å². The number of ether oxygens (including phenoxy) is 1. The Balaban J connectivity index is 1.25. The summed E-state index contributed by atoms with van der Waals surface area (Å²) >= 11 is 0. The molecule has 0 radical (unpaired) electrons. The number of benzene rings is 3. The van der Waals surface area contributed by atoms with E-state index in [1.807, 2.05) is 150 Å². The van der Waals surface area contributed by atoms with Crippen LogP contribution in [0.2, 0.25) is 0 Å². The van der Waals surface area contributed by atoms with Crippen molar-refractivity contribution in [1.29, 1.82) is 0 Å². The maximum Gasteiger partial charge on any atom is 0.407 e. The lowest BCUT2D eigenvalue weighted by molar-refractivity contribution is -0.131. The molecule has 5 aromatic rings. The van der Waals surface area contributed by atoms with Crippen LogP contribution >= 0.6 is 0 Å². The number of para-hydroxylation sites is 2. The van der Waals surface area contributed by atoms with Crippen molar-refractivity contribution in [1.82, 2.24) is 40.3 Å². The fraction of sp³-hybridized carbons (Fsp3) is 0.429.